The number of primary amides is 1. The van der Waals surface area contributed by atoms with Crippen LogP contribution in [0.5, 0.6) is 0 Å². The summed E-state index contributed by atoms with van der Waals surface area (Å²) in [5.41, 5.74) is 8.14. The molecule has 0 aliphatic carbocycles. The van der Waals surface area contributed by atoms with Crippen molar-refractivity contribution < 1.29 is 14.3 Å². The van der Waals surface area contributed by atoms with Crippen molar-refractivity contribution in [2.45, 2.75) is 45.1 Å². The van der Waals surface area contributed by atoms with Gasteiger partial charge in [-0.1, -0.05) is 74.8 Å². The molecule has 1 unspecified atom stereocenters. The van der Waals surface area contributed by atoms with Crippen LogP contribution in [-0.4, -0.2) is 36.5 Å². The number of piperidine rings is 1. The Bertz CT molecular complexity index is 913. The molecular weight excluding hydrogens is 412 g/mol. The number of halogens is 1. The lowest BCUT2D eigenvalue weighted by Gasteiger charge is -2.37. The van der Waals surface area contributed by atoms with Crippen molar-refractivity contribution in [3.63, 3.8) is 0 Å². The number of likely N-dealkylation sites (tertiary alicyclic amines) is 1. The average Bonchev–Trinajstić information content (AvgIpc) is 2.74. The molecule has 3 rings (SSSR count). The summed E-state index contributed by atoms with van der Waals surface area (Å²) in [7, 11) is 0. The van der Waals surface area contributed by atoms with Gasteiger partial charge in [0.25, 0.3) is 0 Å². The van der Waals surface area contributed by atoms with E-state index in [1.165, 1.54) is 5.56 Å². The third-order valence-corrected chi connectivity index (χ3v) is 6.37. The number of amides is 1. The smallest absolute Gasteiger partial charge is 0.404 e. The van der Waals surface area contributed by atoms with Crippen LogP contribution in [0.25, 0.3) is 0 Å². The highest BCUT2D eigenvalue weighted by atomic mass is 35.5. The molecule has 0 saturated carbocycles. The third kappa shape index (κ3) is 5.86. The second kappa shape index (κ2) is 9.84. The van der Waals surface area contributed by atoms with Crippen LogP contribution in [0.4, 0.5) is 4.79 Å². The van der Waals surface area contributed by atoms with E-state index in [0.29, 0.717) is 18.1 Å². The van der Waals surface area contributed by atoms with Crippen molar-refractivity contribution in [2.75, 3.05) is 19.7 Å². The van der Waals surface area contributed by atoms with Gasteiger partial charge >= 0.3 is 6.09 Å². The van der Waals surface area contributed by atoms with E-state index in [1.807, 2.05) is 36.4 Å². The molecule has 0 aromatic heterocycles. The van der Waals surface area contributed by atoms with Gasteiger partial charge < -0.3 is 10.5 Å². The van der Waals surface area contributed by atoms with Gasteiger partial charge in [-0.2, -0.15) is 0 Å². The summed E-state index contributed by atoms with van der Waals surface area (Å²) in [5.74, 6) is 0.184. The molecule has 166 valence electrons. The second-order valence-electron chi connectivity index (χ2n) is 9.17. The maximum atomic E-state index is 13.1. The molecule has 6 heteroatoms. The normalized spacial score (nSPS) is 16.6. The molecule has 2 aromatic rings. The van der Waals surface area contributed by atoms with Crippen molar-refractivity contribution >= 4 is 23.5 Å². The molecule has 2 N–H and O–H groups in total. The monoisotopic (exact) mass is 442 g/mol. The van der Waals surface area contributed by atoms with E-state index in [-0.39, 0.29) is 29.8 Å². The quantitative estimate of drug-likeness (QED) is 0.610. The predicted octanol–water partition coefficient (Wildman–Crippen LogP) is 5.37. The molecule has 1 aliphatic rings. The van der Waals surface area contributed by atoms with Gasteiger partial charge in [-0.25, -0.2) is 4.79 Å². The first-order valence-corrected chi connectivity index (χ1v) is 11.1. The maximum Gasteiger partial charge on any atom is 0.404 e. The molecule has 1 fully saturated rings. The molecule has 1 amide bonds. The molecule has 1 atom stereocenters. The van der Waals surface area contributed by atoms with Gasteiger partial charge in [-0.3, -0.25) is 9.69 Å². The Labute approximate surface area is 189 Å². The van der Waals surface area contributed by atoms with E-state index in [0.717, 1.165) is 24.0 Å². The molecule has 1 aliphatic heterocycles. The lowest BCUT2D eigenvalue weighted by Crippen LogP contribution is -2.41. The fourth-order valence-corrected chi connectivity index (χ4v) is 4.40. The van der Waals surface area contributed by atoms with E-state index in [1.54, 1.807) is 0 Å². The summed E-state index contributed by atoms with van der Waals surface area (Å²) in [6.07, 6.45) is 0.690. The average molecular weight is 443 g/mol. The summed E-state index contributed by atoms with van der Waals surface area (Å²) in [4.78, 5) is 26.5. The van der Waals surface area contributed by atoms with Crippen LogP contribution in [0.2, 0.25) is 5.02 Å². The van der Waals surface area contributed by atoms with Gasteiger partial charge in [-0.15, -0.1) is 0 Å². The van der Waals surface area contributed by atoms with E-state index in [4.69, 9.17) is 22.1 Å². The molecule has 0 spiro atoms. The Kier molecular flexibility index (Phi) is 7.39. The number of hydrogen-bond acceptors (Lipinski definition) is 4. The molecule has 2 aromatic carbocycles. The van der Waals surface area contributed by atoms with E-state index in [2.05, 4.69) is 37.8 Å². The highest BCUT2D eigenvalue weighted by molar-refractivity contribution is 6.31. The zero-order valence-corrected chi connectivity index (χ0v) is 19.2. The Morgan fingerprint density at radius 3 is 2.26 bits per heavy atom. The van der Waals surface area contributed by atoms with Crippen molar-refractivity contribution in [3.05, 3.63) is 70.2 Å². The zero-order chi connectivity index (χ0) is 22.6. The summed E-state index contributed by atoms with van der Waals surface area (Å²) in [6.45, 7) is 8.06. The first-order valence-electron chi connectivity index (χ1n) is 10.7. The number of ketones is 1. The minimum absolute atomic E-state index is 0.0132. The van der Waals surface area contributed by atoms with Crippen LogP contribution < -0.4 is 5.73 Å². The highest BCUT2D eigenvalue weighted by Gasteiger charge is 2.31. The van der Waals surface area contributed by atoms with Crippen molar-refractivity contribution in [1.82, 2.24) is 4.90 Å². The van der Waals surface area contributed by atoms with Gasteiger partial charge in [0, 0.05) is 16.5 Å². The van der Waals surface area contributed by atoms with Crippen molar-refractivity contribution in [1.29, 1.82) is 0 Å². The first-order chi connectivity index (χ1) is 14.7. The van der Waals surface area contributed by atoms with Gasteiger partial charge in [0.15, 0.2) is 5.78 Å². The number of ether oxygens (including phenoxy) is 1. The van der Waals surface area contributed by atoms with Gasteiger partial charge in [0.2, 0.25) is 0 Å². The van der Waals surface area contributed by atoms with Crippen molar-refractivity contribution in [2.24, 2.45) is 11.7 Å². The van der Waals surface area contributed by atoms with Crippen LogP contribution in [0.1, 0.15) is 61.1 Å². The molecule has 31 heavy (non-hydrogen) atoms. The molecule has 0 radical (unpaired) electrons. The molecular formula is C25H31ClN2O3. The largest absolute Gasteiger partial charge is 0.448 e. The van der Waals surface area contributed by atoms with Crippen LogP contribution in [0, 0.1) is 5.92 Å². The van der Waals surface area contributed by atoms with Crippen LogP contribution in [-0.2, 0) is 10.2 Å². The number of hydrogen-bond donors (Lipinski definition) is 1. The SMILES string of the molecule is CC(C)(C)c1ccc(C(=O)C2CCN(C(COC(N)=O)c3ccccc3Cl)CC2)cc1. The predicted molar refractivity (Wildman–Crippen MR) is 123 cm³/mol. The minimum atomic E-state index is -0.805. The Morgan fingerprint density at radius 2 is 1.71 bits per heavy atom. The van der Waals surface area contributed by atoms with E-state index < -0.39 is 6.09 Å². The van der Waals surface area contributed by atoms with Gasteiger partial charge in [-0.05, 0) is 48.5 Å². The number of nitrogens with two attached hydrogens (primary N) is 1. The lowest BCUT2D eigenvalue weighted by atomic mass is 9.84. The Morgan fingerprint density at radius 1 is 1.10 bits per heavy atom. The molecule has 1 heterocycles. The van der Waals surface area contributed by atoms with Gasteiger partial charge in [0.05, 0.1) is 6.04 Å². The number of benzene rings is 2. The fraction of sp³-hybridized carbons (Fsp3) is 0.440. The third-order valence-electron chi connectivity index (χ3n) is 6.02. The number of nitrogens with zero attached hydrogens (tertiary/aromatic N) is 1. The van der Waals surface area contributed by atoms with E-state index in [9.17, 15) is 9.59 Å². The molecule has 5 nitrogen and oxygen atoms in total. The van der Waals surface area contributed by atoms with Crippen LogP contribution >= 0.6 is 11.6 Å². The summed E-state index contributed by atoms with van der Waals surface area (Å²) in [6, 6.07) is 15.4. The zero-order valence-electron chi connectivity index (χ0n) is 18.4. The summed E-state index contributed by atoms with van der Waals surface area (Å²) in [5, 5.41) is 0.623. The number of Topliss-reactive ketones (excluding diaryl/α,β-unsaturated/α-hetero) is 1. The standard InChI is InChI=1S/C25H31ClN2O3/c1-25(2,3)19-10-8-17(9-11-19)23(29)18-12-14-28(15-13-18)22(16-31-24(27)30)20-6-4-5-7-21(20)26/h4-11,18,22H,12-16H2,1-3H3,(H2,27,30). The van der Waals surface area contributed by atoms with Gasteiger partial charge in [0.1, 0.15) is 6.61 Å². The molecule has 1 saturated heterocycles. The lowest BCUT2D eigenvalue weighted by molar-refractivity contribution is 0.0627. The second-order valence-corrected chi connectivity index (χ2v) is 9.58. The summed E-state index contributed by atoms with van der Waals surface area (Å²) < 4.78 is 5.12. The Hall–Kier alpha value is -2.37. The minimum Gasteiger partial charge on any atom is -0.448 e. The van der Waals surface area contributed by atoms with Crippen LogP contribution in [0.3, 0.4) is 0 Å². The molecule has 0 bridgehead atoms. The fourth-order valence-electron chi connectivity index (χ4n) is 4.14. The number of rotatable bonds is 6. The number of carbonyl (C=O) groups excluding carboxylic acids is 2. The van der Waals surface area contributed by atoms with E-state index >= 15 is 0 Å². The topological polar surface area (TPSA) is 72.6 Å². The number of carbonyl (C=O) groups is 2. The highest BCUT2D eigenvalue weighted by Crippen LogP contribution is 2.32. The van der Waals surface area contributed by atoms with Crippen LogP contribution in [0.15, 0.2) is 48.5 Å². The Balaban J connectivity index is 1.68. The summed E-state index contributed by atoms with van der Waals surface area (Å²) >= 11 is 6.40. The maximum absolute atomic E-state index is 13.1. The first kappa shape index (κ1) is 23.3. The van der Waals surface area contributed by atoms with Crippen molar-refractivity contribution in [3.8, 4) is 0 Å².